The monoisotopic (exact) mass is 476 g/mol. The van der Waals surface area contributed by atoms with Crippen LogP contribution in [0.4, 0.5) is 0 Å². The van der Waals surface area contributed by atoms with Crippen LogP contribution in [-0.2, 0) is 21.2 Å². The number of hydrogen-bond acceptors (Lipinski definition) is 4. The van der Waals surface area contributed by atoms with E-state index in [4.69, 9.17) is 16.3 Å². The molecule has 6 nitrogen and oxygen atoms in total. The second kappa shape index (κ2) is 10.2. The van der Waals surface area contributed by atoms with Gasteiger partial charge < -0.3 is 9.64 Å². The molecule has 0 N–H and O–H groups in total. The standard InChI is InChI=1S/C24H29ClN2O4S/c25-22-17-21(32(29,30)27-12-4-5-13-27)8-9-23(22)31-18-24(28)26-14-10-20(11-15-26)16-19-6-2-1-3-7-19/h1-3,6-9,17,20H,4-5,10-16,18H2. The molecule has 0 atom stereocenters. The maximum atomic E-state index is 12.7. The summed E-state index contributed by atoms with van der Waals surface area (Å²) >= 11 is 6.27. The van der Waals surface area contributed by atoms with Crippen LogP contribution in [0.1, 0.15) is 31.2 Å². The first-order chi connectivity index (χ1) is 15.4. The SMILES string of the molecule is O=C(COc1ccc(S(=O)(=O)N2CCCC2)cc1Cl)N1CCC(Cc2ccccc2)CC1. The number of amides is 1. The Morgan fingerprint density at radius 3 is 2.34 bits per heavy atom. The van der Waals surface area contributed by atoms with Crippen molar-refractivity contribution in [1.29, 1.82) is 0 Å². The molecule has 2 saturated heterocycles. The zero-order chi connectivity index (χ0) is 22.6. The highest BCUT2D eigenvalue weighted by molar-refractivity contribution is 7.89. The van der Waals surface area contributed by atoms with Gasteiger partial charge in [0.05, 0.1) is 9.92 Å². The van der Waals surface area contributed by atoms with Crippen molar-refractivity contribution in [1.82, 2.24) is 9.21 Å². The topological polar surface area (TPSA) is 66.9 Å². The summed E-state index contributed by atoms with van der Waals surface area (Å²) in [6, 6.07) is 14.9. The lowest BCUT2D eigenvalue weighted by molar-refractivity contribution is -0.134. The Morgan fingerprint density at radius 1 is 1.00 bits per heavy atom. The zero-order valence-corrected chi connectivity index (χ0v) is 19.7. The molecule has 2 aromatic carbocycles. The zero-order valence-electron chi connectivity index (χ0n) is 18.1. The number of likely N-dealkylation sites (tertiary alicyclic amines) is 1. The molecule has 2 aromatic rings. The van der Waals surface area contributed by atoms with Gasteiger partial charge in [-0.05, 0) is 61.8 Å². The predicted molar refractivity (Wildman–Crippen MR) is 124 cm³/mol. The third-order valence-electron chi connectivity index (χ3n) is 6.29. The summed E-state index contributed by atoms with van der Waals surface area (Å²) < 4.78 is 32.5. The molecule has 2 aliphatic rings. The van der Waals surface area contributed by atoms with E-state index in [1.54, 1.807) is 0 Å². The van der Waals surface area contributed by atoms with Crippen molar-refractivity contribution < 1.29 is 17.9 Å². The summed E-state index contributed by atoms with van der Waals surface area (Å²) in [5.74, 6) is 0.828. The van der Waals surface area contributed by atoms with E-state index < -0.39 is 10.0 Å². The largest absolute Gasteiger partial charge is 0.482 e. The Hall–Kier alpha value is -2.09. The molecule has 32 heavy (non-hydrogen) atoms. The Bertz CT molecular complexity index is 1030. The van der Waals surface area contributed by atoms with Gasteiger partial charge in [0.15, 0.2) is 6.61 Å². The first-order valence-electron chi connectivity index (χ1n) is 11.2. The van der Waals surface area contributed by atoms with Crippen LogP contribution in [0.15, 0.2) is 53.4 Å². The average molecular weight is 477 g/mol. The molecule has 2 fully saturated rings. The highest BCUT2D eigenvalue weighted by Crippen LogP contribution is 2.30. The van der Waals surface area contributed by atoms with Gasteiger partial charge in [0.2, 0.25) is 10.0 Å². The summed E-state index contributed by atoms with van der Waals surface area (Å²) in [5.41, 5.74) is 1.34. The molecule has 1 amide bonds. The number of ether oxygens (including phenoxy) is 1. The highest BCUT2D eigenvalue weighted by Gasteiger charge is 2.28. The number of halogens is 1. The molecule has 0 saturated carbocycles. The van der Waals surface area contributed by atoms with Gasteiger partial charge in [0, 0.05) is 26.2 Å². The van der Waals surface area contributed by atoms with Crippen molar-refractivity contribution in [3.63, 3.8) is 0 Å². The fourth-order valence-corrected chi connectivity index (χ4v) is 6.24. The minimum absolute atomic E-state index is 0.0759. The molecule has 0 aliphatic carbocycles. The number of piperidine rings is 1. The molecule has 8 heteroatoms. The molecule has 172 valence electrons. The highest BCUT2D eigenvalue weighted by atomic mass is 35.5. The lowest BCUT2D eigenvalue weighted by Crippen LogP contribution is -2.41. The van der Waals surface area contributed by atoms with E-state index in [0.29, 0.717) is 24.8 Å². The third-order valence-corrected chi connectivity index (χ3v) is 8.48. The van der Waals surface area contributed by atoms with E-state index >= 15 is 0 Å². The lowest BCUT2D eigenvalue weighted by atomic mass is 9.90. The normalized spacial score (nSPS) is 18.1. The van der Waals surface area contributed by atoms with Crippen LogP contribution >= 0.6 is 11.6 Å². The van der Waals surface area contributed by atoms with Gasteiger partial charge >= 0.3 is 0 Å². The second-order valence-corrected chi connectivity index (χ2v) is 10.9. The van der Waals surface area contributed by atoms with Crippen molar-refractivity contribution in [2.24, 2.45) is 5.92 Å². The van der Waals surface area contributed by atoms with Crippen LogP contribution in [0.2, 0.25) is 5.02 Å². The molecule has 0 spiro atoms. The molecule has 0 bridgehead atoms. The minimum atomic E-state index is -3.54. The summed E-state index contributed by atoms with van der Waals surface area (Å²) in [6.07, 6.45) is 4.75. The van der Waals surface area contributed by atoms with E-state index in [2.05, 4.69) is 24.3 Å². The number of sulfonamides is 1. The summed E-state index contributed by atoms with van der Waals surface area (Å²) in [6.45, 7) is 2.41. The van der Waals surface area contributed by atoms with Crippen molar-refractivity contribution in [3.8, 4) is 5.75 Å². The van der Waals surface area contributed by atoms with Crippen LogP contribution in [0.5, 0.6) is 5.75 Å². The molecule has 2 heterocycles. The quantitative estimate of drug-likeness (QED) is 0.606. The van der Waals surface area contributed by atoms with Gasteiger partial charge in [-0.2, -0.15) is 4.31 Å². The van der Waals surface area contributed by atoms with E-state index in [1.165, 1.54) is 28.1 Å². The minimum Gasteiger partial charge on any atom is -0.482 e. The number of rotatable bonds is 7. The van der Waals surface area contributed by atoms with Crippen LogP contribution in [0, 0.1) is 5.92 Å². The first kappa shape index (κ1) is 23.1. The molecule has 0 unspecified atom stereocenters. The fourth-order valence-electron chi connectivity index (χ4n) is 4.40. The molecule has 0 aromatic heterocycles. The number of carbonyl (C=O) groups is 1. The average Bonchev–Trinajstić information content (AvgIpc) is 3.35. The fraction of sp³-hybridized carbons (Fsp3) is 0.458. The first-order valence-corrected chi connectivity index (χ1v) is 13.0. The van der Waals surface area contributed by atoms with Gasteiger partial charge in [-0.3, -0.25) is 4.79 Å². The molecule has 2 aliphatic heterocycles. The maximum Gasteiger partial charge on any atom is 0.260 e. The third kappa shape index (κ3) is 5.45. The van der Waals surface area contributed by atoms with Crippen molar-refractivity contribution in [3.05, 3.63) is 59.1 Å². The molecular formula is C24H29ClN2O4S. The Balaban J connectivity index is 1.28. The van der Waals surface area contributed by atoms with Crippen LogP contribution in [0.3, 0.4) is 0 Å². The van der Waals surface area contributed by atoms with Crippen molar-refractivity contribution >= 4 is 27.5 Å². The molecular weight excluding hydrogens is 448 g/mol. The van der Waals surface area contributed by atoms with Crippen LogP contribution < -0.4 is 4.74 Å². The second-order valence-electron chi connectivity index (χ2n) is 8.51. The Morgan fingerprint density at radius 2 is 1.69 bits per heavy atom. The van der Waals surface area contributed by atoms with Gasteiger partial charge in [-0.15, -0.1) is 0 Å². The van der Waals surface area contributed by atoms with E-state index in [9.17, 15) is 13.2 Å². The van der Waals surface area contributed by atoms with Crippen molar-refractivity contribution in [2.75, 3.05) is 32.8 Å². The number of nitrogens with zero attached hydrogens (tertiary/aromatic N) is 2. The van der Waals surface area contributed by atoms with Crippen LogP contribution in [0.25, 0.3) is 0 Å². The number of hydrogen-bond donors (Lipinski definition) is 0. The van der Waals surface area contributed by atoms with E-state index in [0.717, 1.165) is 45.2 Å². The summed E-state index contributed by atoms with van der Waals surface area (Å²) in [5, 5.41) is 0.194. The summed E-state index contributed by atoms with van der Waals surface area (Å²) in [4.78, 5) is 14.6. The van der Waals surface area contributed by atoms with E-state index in [-0.39, 0.29) is 22.4 Å². The van der Waals surface area contributed by atoms with Gasteiger partial charge in [0.25, 0.3) is 5.91 Å². The lowest BCUT2D eigenvalue weighted by Gasteiger charge is -2.32. The maximum absolute atomic E-state index is 12.7. The van der Waals surface area contributed by atoms with Gasteiger partial charge in [-0.25, -0.2) is 8.42 Å². The molecule has 0 radical (unpaired) electrons. The van der Waals surface area contributed by atoms with Gasteiger partial charge in [0.1, 0.15) is 5.75 Å². The Kier molecular flexibility index (Phi) is 7.38. The number of carbonyl (C=O) groups excluding carboxylic acids is 1. The smallest absolute Gasteiger partial charge is 0.260 e. The van der Waals surface area contributed by atoms with E-state index in [1.807, 2.05) is 11.0 Å². The predicted octanol–water partition coefficient (Wildman–Crippen LogP) is 3.98. The van der Waals surface area contributed by atoms with Gasteiger partial charge in [-0.1, -0.05) is 41.9 Å². The Labute approximate surface area is 195 Å². The van der Waals surface area contributed by atoms with Crippen molar-refractivity contribution in [2.45, 2.75) is 37.0 Å². The molecule has 4 rings (SSSR count). The summed E-state index contributed by atoms with van der Waals surface area (Å²) in [7, 11) is -3.54. The number of benzene rings is 2. The van der Waals surface area contributed by atoms with Crippen LogP contribution in [-0.4, -0.2) is 56.3 Å².